The van der Waals surface area contributed by atoms with E-state index in [4.69, 9.17) is 16.3 Å². The Morgan fingerprint density at radius 2 is 1.91 bits per heavy atom. The maximum atomic E-state index is 14.0. The highest BCUT2D eigenvalue weighted by Crippen LogP contribution is 2.52. The normalized spacial score (nSPS) is 27.1. The first-order valence-corrected chi connectivity index (χ1v) is 12.2. The van der Waals surface area contributed by atoms with Gasteiger partial charge in [-0.05, 0) is 43.2 Å². The smallest absolute Gasteiger partial charge is 0.196 e. The van der Waals surface area contributed by atoms with Crippen molar-refractivity contribution in [2.24, 2.45) is 0 Å². The number of aliphatic hydroxyl groups is 1. The number of hydrogen-bond acceptors (Lipinski definition) is 5. The molecule has 1 fully saturated rings. The van der Waals surface area contributed by atoms with Gasteiger partial charge in [0.05, 0.1) is 39.6 Å². The Kier molecular flexibility index (Phi) is 4.73. The number of nitrogens with one attached hydrogen (secondary N) is 1. The molecule has 3 aromatic carbocycles. The van der Waals surface area contributed by atoms with E-state index in [1.807, 2.05) is 38.1 Å². The number of ether oxygens (including phenoxy) is 1. The molecule has 2 aliphatic heterocycles. The number of halogens is 1. The molecule has 1 aliphatic carbocycles. The average molecular weight is 476 g/mol. The van der Waals surface area contributed by atoms with Crippen LogP contribution in [0.1, 0.15) is 82.2 Å². The maximum Gasteiger partial charge on any atom is 0.196 e. The van der Waals surface area contributed by atoms with Gasteiger partial charge in [-0.1, -0.05) is 54.8 Å². The fraction of sp³-hybridized carbons (Fsp3) is 0.357. The van der Waals surface area contributed by atoms with Gasteiger partial charge < -0.3 is 15.2 Å². The highest BCUT2D eigenvalue weighted by atomic mass is 35.5. The Morgan fingerprint density at radius 3 is 2.68 bits per heavy atom. The van der Waals surface area contributed by atoms with Crippen molar-refractivity contribution in [2.45, 2.75) is 63.9 Å². The number of aryl methyl sites for hydroxylation is 1. The van der Waals surface area contributed by atoms with Gasteiger partial charge in [-0.3, -0.25) is 9.59 Å². The number of carbonyl (C=O) groups is 2. The molecule has 2 bridgehead atoms. The fourth-order valence-corrected chi connectivity index (χ4v) is 6.55. The number of hydrogen-bond donors (Lipinski definition) is 2. The number of rotatable bonds is 2. The molecule has 0 aromatic heterocycles. The van der Waals surface area contributed by atoms with E-state index >= 15 is 0 Å². The molecule has 4 atom stereocenters. The van der Waals surface area contributed by atoms with E-state index in [9.17, 15) is 14.7 Å². The summed E-state index contributed by atoms with van der Waals surface area (Å²) in [6, 6.07) is 11.3. The van der Waals surface area contributed by atoms with E-state index < -0.39 is 11.6 Å². The van der Waals surface area contributed by atoms with E-state index in [1.54, 1.807) is 12.1 Å². The van der Waals surface area contributed by atoms with E-state index in [0.29, 0.717) is 28.8 Å². The monoisotopic (exact) mass is 475 g/mol. The lowest BCUT2D eigenvalue weighted by Gasteiger charge is -2.53. The zero-order chi connectivity index (χ0) is 23.9. The first-order chi connectivity index (χ1) is 16.3. The summed E-state index contributed by atoms with van der Waals surface area (Å²) in [5, 5.41) is 16.6. The Balaban J connectivity index is 1.61. The third-order valence-electron chi connectivity index (χ3n) is 7.77. The van der Waals surface area contributed by atoms with Crippen molar-refractivity contribution >= 4 is 39.6 Å². The van der Waals surface area contributed by atoms with Gasteiger partial charge in [0.15, 0.2) is 11.6 Å². The van der Waals surface area contributed by atoms with Crippen LogP contribution in [0.3, 0.4) is 0 Å². The Bertz CT molecular complexity index is 1410. The average Bonchev–Trinajstić information content (AvgIpc) is 2.80. The predicted molar refractivity (Wildman–Crippen MR) is 132 cm³/mol. The maximum absolute atomic E-state index is 14.0. The van der Waals surface area contributed by atoms with Crippen LogP contribution >= 0.6 is 11.6 Å². The number of benzene rings is 3. The van der Waals surface area contributed by atoms with Crippen molar-refractivity contribution in [2.75, 3.05) is 5.32 Å². The minimum absolute atomic E-state index is 0.229. The van der Waals surface area contributed by atoms with Crippen LogP contribution in [0.15, 0.2) is 36.4 Å². The topological polar surface area (TPSA) is 75.6 Å². The van der Waals surface area contributed by atoms with Crippen LogP contribution in [0.2, 0.25) is 5.02 Å². The summed E-state index contributed by atoms with van der Waals surface area (Å²) in [6.45, 7) is 5.94. The molecule has 3 aromatic rings. The summed E-state index contributed by atoms with van der Waals surface area (Å²) < 4.78 is 6.17. The van der Waals surface area contributed by atoms with Crippen LogP contribution in [0, 0.1) is 6.92 Å². The van der Waals surface area contributed by atoms with Crippen molar-refractivity contribution in [3.63, 3.8) is 0 Å². The quantitative estimate of drug-likeness (QED) is 0.386. The molecule has 3 aliphatic rings. The fourth-order valence-electron chi connectivity index (χ4n) is 6.25. The van der Waals surface area contributed by atoms with Gasteiger partial charge >= 0.3 is 0 Å². The Labute approximate surface area is 203 Å². The Hall–Kier alpha value is -2.73. The summed E-state index contributed by atoms with van der Waals surface area (Å²) in [6.07, 6.45) is 0.740. The van der Waals surface area contributed by atoms with Gasteiger partial charge in [-0.25, -0.2) is 0 Å². The molecule has 6 heteroatoms. The predicted octanol–water partition coefficient (Wildman–Crippen LogP) is 5.75. The lowest BCUT2D eigenvalue weighted by molar-refractivity contribution is -0.147. The van der Waals surface area contributed by atoms with Crippen LogP contribution in [0.5, 0.6) is 0 Å². The molecule has 0 saturated carbocycles. The number of fused-ring (bicyclic) bond motifs is 9. The van der Waals surface area contributed by atoms with Crippen molar-refractivity contribution in [1.29, 1.82) is 0 Å². The summed E-state index contributed by atoms with van der Waals surface area (Å²) in [5.74, 6) is -0.476. The van der Waals surface area contributed by atoms with E-state index in [2.05, 4.69) is 12.2 Å². The molecular weight excluding hydrogens is 450 g/mol. The van der Waals surface area contributed by atoms with E-state index in [0.717, 1.165) is 34.7 Å². The summed E-state index contributed by atoms with van der Waals surface area (Å²) in [5.41, 5.74) is 3.11. The minimum Gasteiger partial charge on any atom is -0.388 e. The first-order valence-electron chi connectivity index (χ1n) is 11.9. The van der Waals surface area contributed by atoms with Crippen molar-refractivity contribution in [1.82, 2.24) is 0 Å². The summed E-state index contributed by atoms with van der Waals surface area (Å²) in [7, 11) is 0. The van der Waals surface area contributed by atoms with Crippen LogP contribution < -0.4 is 5.32 Å². The number of aliphatic hydroxyl groups excluding tert-OH is 1. The zero-order valence-corrected chi connectivity index (χ0v) is 20.1. The second-order valence-corrected chi connectivity index (χ2v) is 10.4. The molecule has 174 valence electrons. The molecule has 1 saturated heterocycles. The standard InChI is InChI=1S/C28H26ClNO4/c1-4-9-28-12-20(34-14(3)27(28)33)18-11-19(29)22-23(24(18)30-28)25(31)17-8-6-15-10-13(2)5-7-16(15)21(17)26(22)32/h5-8,10-11,14,20,27,30,33H,4,9,12H2,1-3H3/t14-,20?,27-,28-/m1/s1. The van der Waals surface area contributed by atoms with E-state index in [-0.39, 0.29) is 34.4 Å². The summed E-state index contributed by atoms with van der Waals surface area (Å²) >= 11 is 6.71. The number of anilines is 1. The molecule has 2 N–H and O–H groups in total. The third kappa shape index (κ3) is 2.81. The zero-order valence-electron chi connectivity index (χ0n) is 19.4. The minimum atomic E-state index is -0.739. The van der Waals surface area contributed by atoms with Gasteiger partial charge in [-0.15, -0.1) is 0 Å². The van der Waals surface area contributed by atoms with Gasteiger partial charge in [0.1, 0.15) is 6.10 Å². The van der Waals surface area contributed by atoms with Crippen LogP contribution in [0.4, 0.5) is 5.69 Å². The highest BCUT2D eigenvalue weighted by molar-refractivity contribution is 6.41. The lowest BCUT2D eigenvalue weighted by Crippen LogP contribution is -2.61. The van der Waals surface area contributed by atoms with Crippen molar-refractivity contribution < 1.29 is 19.4 Å². The molecule has 0 amide bonds. The second kappa shape index (κ2) is 7.38. The molecule has 0 spiro atoms. The van der Waals surface area contributed by atoms with Crippen molar-refractivity contribution in [3.05, 3.63) is 74.8 Å². The number of carbonyl (C=O) groups excluding carboxylic acids is 2. The van der Waals surface area contributed by atoms with Crippen molar-refractivity contribution in [3.8, 4) is 0 Å². The molecule has 34 heavy (non-hydrogen) atoms. The molecule has 6 rings (SSSR count). The van der Waals surface area contributed by atoms with E-state index in [1.165, 1.54) is 0 Å². The molecule has 2 heterocycles. The van der Waals surface area contributed by atoms with Gasteiger partial charge in [-0.2, -0.15) is 0 Å². The van der Waals surface area contributed by atoms with Gasteiger partial charge in [0, 0.05) is 23.1 Å². The van der Waals surface area contributed by atoms with Crippen LogP contribution in [-0.4, -0.2) is 34.4 Å². The number of ketones is 2. The molecule has 5 nitrogen and oxygen atoms in total. The second-order valence-electron chi connectivity index (χ2n) is 9.95. The van der Waals surface area contributed by atoms with Crippen LogP contribution in [-0.2, 0) is 4.74 Å². The highest BCUT2D eigenvalue weighted by Gasteiger charge is 2.52. The summed E-state index contributed by atoms with van der Waals surface area (Å²) in [4.78, 5) is 27.8. The Morgan fingerprint density at radius 1 is 1.12 bits per heavy atom. The lowest BCUT2D eigenvalue weighted by atomic mass is 9.71. The third-order valence-corrected chi connectivity index (χ3v) is 8.07. The largest absolute Gasteiger partial charge is 0.388 e. The SMILES string of the molecule is CCC[C@@]12CC(O[C@H](C)[C@H]1O)c1cc(Cl)c3c(c1N2)C(=O)c1ccc2cc(C)ccc2c1C3=O. The molecule has 0 radical (unpaired) electrons. The van der Waals surface area contributed by atoms with Crippen LogP contribution in [0.25, 0.3) is 10.8 Å². The van der Waals surface area contributed by atoms with Gasteiger partial charge in [0.2, 0.25) is 0 Å². The molecule has 1 unspecified atom stereocenters. The first kappa shape index (κ1) is 21.8. The van der Waals surface area contributed by atoms with Gasteiger partial charge in [0.25, 0.3) is 0 Å². The molecular formula is C28H26ClNO4.